The van der Waals surface area contributed by atoms with Crippen molar-refractivity contribution in [1.29, 1.82) is 0 Å². The summed E-state index contributed by atoms with van der Waals surface area (Å²) < 4.78 is 0. The smallest absolute Gasteiger partial charge is 0.200 e. The van der Waals surface area contributed by atoms with Crippen molar-refractivity contribution in [2.45, 2.75) is 6.92 Å². The summed E-state index contributed by atoms with van der Waals surface area (Å²) in [6, 6.07) is 8.54. The first-order valence-electron chi connectivity index (χ1n) is 8.38. The highest BCUT2D eigenvalue weighted by atomic mass is 16.3. The largest absolute Gasteiger partial charge is 0.508 e. The Bertz CT molecular complexity index is 1210. The minimum Gasteiger partial charge on any atom is -0.508 e. The lowest BCUT2D eigenvalue weighted by atomic mass is 9.80. The number of ketones is 2. The lowest BCUT2D eigenvalue weighted by Crippen LogP contribution is -2.24. The van der Waals surface area contributed by atoms with Crippen molar-refractivity contribution in [3.63, 3.8) is 0 Å². The summed E-state index contributed by atoms with van der Waals surface area (Å²) in [6.45, 7) is 1.69. The maximum absolute atomic E-state index is 13.1. The predicted molar refractivity (Wildman–Crippen MR) is 104 cm³/mol. The van der Waals surface area contributed by atoms with Crippen molar-refractivity contribution < 1.29 is 24.9 Å². The normalized spacial score (nSPS) is 12.6. The monoisotopic (exact) mass is 376 g/mol. The zero-order valence-electron chi connectivity index (χ0n) is 14.8. The van der Waals surface area contributed by atoms with E-state index in [1.807, 2.05) is 0 Å². The van der Waals surface area contributed by atoms with E-state index in [9.17, 15) is 24.9 Å². The van der Waals surface area contributed by atoms with Crippen LogP contribution in [0.25, 0.3) is 11.1 Å². The van der Waals surface area contributed by atoms with Crippen LogP contribution in [0.3, 0.4) is 0 Å². The molecule has 28 heavy (non-hydrogen) atoms. The number of hydrogen-bond donors (Lipinski definition) is 5. The third-order valence-corrected chi connectivity index (χ3v) is 4.98. The Labute approximate surface area is 159 Å². The molecule has 3 aromatic carbocycles. The van der Waals surface area contributed by atoms with Crippen LogP contribution in [0.1, 0.15) is 37.4 Å². The van der Waals surface area contributed by atoms with Gasteiger partial charge in [0.05, 0.1) is 27.9 Å². The number of aromatic hydroxyl groups is 3. The molecule has 0 amide bonds. The molecular formula is C21H16N2O5. The van der Waals surface area contributed by atoms with E-state index in [2.05, 4.69) is 0 Å². The van der Waals surface area contributed by atoms with E-state index in [0.717, 1.165) is 0 Å². The van der Waals surface area contributed by atoms with E-state index in [-0.39, 0.29) is 39.4 Å². The summed E-state index contributed by atoms with van der Waals surface area (Å²) in [5.41, 5.74) is 12.7. The summed E-state index contributed by atoms with van der Waals surface area (Å²) >= 11 is 0. The predicted octanol–water partition coefficient (Wildman–Crippen LogP) is 2.72. The fourth-order valence-electron chi connectivity index (χ4n) is 3.54. The second kappa shape index (κ2) is 5.75. The number of carbonyl (C=O) groups excluding carboxylic acids is 2. The van der Waals surface area contributed by atoms with Gasteiger partial charge in [-0.05, 0) is 48.4 Å². The quantitative estimate of drug-likeness (QED) is 0.253. The van der Waals surface area contributed by atoms with Crippen molar-refractivity contribution in [1.82, 2.24) is 0 Å². The highest BCUT2D eigenvalue weighted by molar-refractivity contribution is 6.33. The number of carbonyl (C=O) groups is 2. The Morgan fingerprint density at radius 2 is 1.32 bits per heavy atom. The topological polar surface area (TPSA) is 147 Å². The summed E-state index contributed by atoms with van der Waals surface area (Å²) in [6.07, 6.45) is 0. The lowest BCUT2D eigenvalue weighted by molar-refractivity contribution is 0.0975. The average Bonchev–Trinajstić information content (AvgIpc) is 2.65. The number of anilines is 2. The van der Waals surface area contributed by atoms with E-state index in [0.29, 0.717) is 16.7 Å². The molecule has 0 atom stereocenters. The van der Waals surface area contributed by atoms with Gasteiger partial charge < -0.3 is 26.8 Å². The molecule has 0 aliphatic heterocycles. The van der Waals surface area contributed by atoms with Crippen molar-refractivity contribution in [3.05, 3.63) is 64.2 Å². The van der Waals surface area contributed by atoms with Crippen molar-refractivity contribution in [3.8, 4) is 28.4 Å². The van der Waals surface area contributed by atoms with Crippen LogP contribution in [0, 0.1) is 6.92 Å². The summed E-state index contributed by atoms with van der Waals surface area (Å²) in [7, 11) is 0. The van der Waals surface area contributed by atoms with Gasteiger partial charge in [0, 0.05) is 11.3 Å². The van der Waals surface area contributed by atoms with Gasteiger partial charge in [0.1, 0.15) is 17.2 Å². The first kappa shape index (κ1) is 17.4. The number of hydrogen-bond acceptors (Lipinski definition) is 7. The zero-order valence-corrected chi connectivity index (χ0v) is 14.8. The highest BCUT2D eigenvalue weighted by Crippen LogP contribution is 2.44. The zero-order chi connectivity index (χ0) is 20.3. The van der Waals surface area contributed by atoms with Crippen LogP contribution >= 0.6 is 0 Å². The van der Waals surface area contributed by atoms with Crippen molar-refractivity contribution in [2.75, 3.05) is 11.5 Å². The van der Waals surface area contributed by atoms with Crippen LogP contribution in [0.5, 0.6) is 17.2 Å². The lowest BCUT2D eigenvalue weighted by Gasteiger charge is -2.23. The molecule has 0 saturated heterocycles. The molecule has 0 spiro atoms. The standard InChI is InChI=1S/C21H16N2O5/c1-8-6-9(2-4-12(8)24)10-7-14(26)17-18(19(10)23)21(28)16-13(25)5-3-11(22)15(16)20(17)27/h2-7,24-26H,22-23H2,1H3. The third-order valence-electron chi connectivity index (χ3n) is 4.98. The first-order valence-corrected chi connectivity index (χ1v) is 8.38. The molecule has 0 saturated carbocycles. The fraction of sp³-hybridized carbons (Fsp3) is 0.0476. The molecule has 1 aliphatic rings. The van der Waals surface area contributed by atoms with Crippen molar-refractivity contribution in [2.24, 2.45) is 0 Å². The van der Waals surface area contributed by atoms with Gasteiger partial charge in [0.2, 0.25) is 11.6 Å². The van der Waals surface area contributed by atoms with Gasteiger partial charge in [-0.25, -0.2) is 0 Å². The van der Waals surface area contributed by atoms with Crippen molar-refractivity contribution >= 4 is 22.9 Å². The molecule has 3 aromatic rings. The number of aryl methyl sites for hydroxylation is 1. The van der Waals surface area contributed by atoms with E-state index in [1.54, 1.807) is 19.1 Å². The maximum Gasteiger partial charge on any atom is 0.200 e. The van der Waals surface area contributed by atoms with Crippen LogP contribution in [0.4, 0.5) is 11.4 Å². The molecule has 0 aromatic heterocycles. The number of nitrogen functional groups attached to an aromatic ring is 2. The number of benzene rings is 3. The van der Waals surface area contributed by atoms with Gasteiger partial charge in [-0.1, -0.05) is 6.07 Å². The van der Waals surface area contributed by atoms with Gasteiger partial charge >= 0.3 is 0 Å². The van der Waals surface area contributed by atoms with E-state index in [1.165, 1.54) is 24.3 Å². The molecule has 1 aliphatic carbocycles. The summed E-state index contributed by atoms with van der Waals surface area (Å²) in [5, 5.41) is 30.4. The molecule has 0 unspecified atom stereocenters. The van der Waals surface area contributed by atoms with Crippen LogP contribution in [0.2, 0.25) is 0 Å². The molecule has 0 fully saturated rings. The van der Waals surface area contributed by atoms with Gasteiger partial charge in [-0.3, -0.25) is 9.59 Å². The average molecular weight is 376 g/mol. The highest BCUT2D eigenvalue weighted by Gasteiger charge is 2.38. The van der Waals surface area contributed by atoms with E-state index in [4.69, 9.17) is 11.5 Å². The number of fused-ring (bicyclic) bond motifs is 2. The van der Waals surface area contributed by atoms with Crippen LogP contribution in [0.15, 0.2) is 36.4 Å². The van der Waals surface area contributed by atoms with Gasteiger partial charge in [-0.2, -0.15) is 0 Å². The molecule has 0 bridgehead atoms. The number of phenols is 3. The Kier molecular flexibility index (Phi) is 3.58. The molecule has 0 radical (unpaired) electrons. The van der Waals surface area contributed by atoms with Crippen LogP contribution in [-0.4, -0.2) is 26.9 Å². The Hall–Kier alpha value is -4.00. The van der Waals surface area contributed by atoms with Gasteiger partial charge in [0.25, 0.3) is 0 Å². The number of nitrogens with two attached hydrogens (primary N) is 2. The maximum atomic E-state index is 13.1. The van der Waals surface area contributed by atoms with Crippen LogP contribution in [-0.2, 0) is 0 Å². The summed E-state index contributed by atoms with van der Waals surface area (Å²) in [5.74, 6) is -2.10. The summed E-state index contributed by atoms with van der Waals surface area (Å²) in [4.78, 5) is 26.1. The minimum absolute atomic E-state index is 0.0104. The second-order valence-electron chi connectivity index (χ2n) is 6.69. The first-order chi connectivity index (χ1) is 13.2. The Balaban J connectivity index is 2.04. The SMILES string of the molecule is Cc1cc(-c2cc(O)c3c(c2N)C(=O)c2c(O)ccc(N)c2C3=O)ccc1O. The minimum atomic E-state index is -0.695. The molecule has 4 rings (SSSR count). The fourth-order valence-corrected chi connectivity index (χ4v) is 3.54. The Morgan fingerprint density at radius 1 is 0.714 bits per heavy atom. The molecule has 7 nitrogen and oxygen atoms in total. The molecule has 140 valence electrons. The molecule has 7 heteroatoms. The third kappa shape index (κ3) is 2.23. The Morgan fingerprint density at radius 3 is 2.00 bits per heavy atom. The van der Waals surface area contributed by atoms with E-state index < -0.39 is 23.1 Å². The van der Waals surface area contributed by atoms with Gasteiger partial charge in [-0.15, -0.1) is 0 Å². The molecule has 7 N–H and O–H groups in total. The second-order valence-corrected chi connectivity index (χ2v) is 6.69. The number of rotatable bonds is 1. The molecular weight excluding hydrogens is 360 g/mol. The number of phenolic OH excluding ortho intramolecular Hbond substituents is 3. The van der Waals surface area contributed by atoms with Gasteiger partial charge in [0.15, 0.2) is 0 Å². The molecule has 0 heterocycles. The van der Waals surface area contributed by atoms with Crippen LogP contribution < -0.4 is 11.5 Å². The van der Waals surface area contributed by atoms with E-state index >= 15 is 0 Å².